The molecule has 0 aromatic heterocycles. The van der Waals surface area contributed by atoms with Crippen molar-refractivity contribution in [2.24, 2.45) is 0 Å². The van der Waals surface area contributed by atoms with Crippen molar-refractivity contribution in [3.8, 4) is 0 Å². The van der Waals surface area contributed by atoms with Crippen LogP contribution < -0.4 is 0 Å². The van der Waals surface area contributed by atoms with Gasteiger partial charge in [-0.3, -0.25) is 14.4 Å². The summed E-state index contributed by atoms with van der Waals surface area (Å²) in [6, 6.07) is 0. The van der Waals surface area contributed by atoms with E-state index < -0.39 is 6.10 Å². The molecule has 0 saturated carbocycles. The van der Waals surface area contributed by atoms with E-state index in [-0.39, 0.29) is 31.1 Å². The third-order valence-electron chi connectivity index (χ3n) is 11.9. The molecule has 0 saturated heterocycles. The van der Waals surface area contributed by atoms with Gasteiger partial charge < -0.3 is 14.2 Å². The van der Waals surface area contributed by atoms with E-state index in [1.54, 1.807) is 0 Å². The Kier molecular flexibility index (Phi) is 49.3. The molecule has 0 amide bonds. The molecule has 0 radical (unpaired) electrons. The molecule has 0 spiro atoms. The number of hydrogen-bond acceptors (Lipinski definition) is 6. The summed E-state index contributed by atoms with van der Waals surface area (Å²) in [5.41, 5.74) is 0. The predicted octanol–water partition coefficient (Wildman–Crippen LogP) is 17.7. The fourth-order valence-corrected chi connectivity index (χ4v) is 7.80. The summed E-state index contributed by atoms with van der Waals surface area (Å²) in [6.07, 6.45) is 59.9. The Bertz CT molecular complexity index is 1050. The van der Waals surface area contributed by atoms with E-state index in [1.807, 2.05) is 0 Å². The highest BCUT2D eigenvalue weighted by Crippen LogP contribution is 2.16. The number of unbranched alkanes of at least 4 members (excludes halogenated alkanes) is 32. The van der Waals surface area contributed by atoms with Gasteiger partial charge >= 0.3 is 17.9 Å². The lowest BCUT2D eigenvalue weighted by Crippen LogP contribution is -2.30. The highest BCUT2D eigenvalue weighted by atomic mass is 16.6. The molecule has 6 heteroatoms. The topological polar surface area (TPSA) is 78.9 Å². The van der Waals surface area contributed by atoms with E-state index >= 15 is 0 Å². The number of hydrogen-bond donors (Lipinski definition) is 0. The molecule has 62 heavy (non-hydrogen) atoms. The minimum Gasteiger partial charge on any atom is -0.462 e. The molecule has 0 N–H and O–H groups in total. The van der Waals surface area contributed by atoms with Crippen LogP contribution in [0.25, 0.3) is 0 Å². The van der Waals surface area contributed by atoms with Gasteiger partial charge in [0.25, 0.3) is 0 Å². The highest BCUT2D eigenvalue weighted by Gasteiger charge is 2.19. The molecule has 0 fully saturated rings. The molecule has 0 aromatic carbocycles. The van der Waals surface area contributed by atoms with Gasteiger partial charge in [0.15, 0.2) is 6.10 Å². The first-order valence-corrected chi connectivity index (χ1v) is 27.0. The molecule has 0 unspecified atom stereocenters. The number of ether oxygens (including phenoxy) is 3. The van der Waals surface area contributed by atoms with Crippen molar-refractivity contribution in [3.05, 3.63) is 36.5 Å². The van der Waals surface area contributed by atoms with Gasteiger partial charge in [-0.15, -0.1) is 0 Å². The molecular formula is C56H102O6. The molecule has 1 atom stereocenters. The predicted molar refractivity (Wildman–Crippen MR) is 266 cm³/mol. The Morgan fingerprint density at radius 1 is 0.323 bits per heavy atom. The molecule has 0 aliphatic heterocycles. The molecule has 0 rings (SSSR count). The fourth-order valence-electron chi connectivity index (χ4n) is 7.80. The highest BCUT2D eigenvalue weighted by molar-refractivity contribution is 5.71. The number of carbonyl (C=O) groups excluding carboxylic acids is 3. The molecule has 0 aromatic rings. The van der Waals surface area contributed by atoms with Crippen molar-refractivity contribution < 1.29 is 28.6 Å². The van der Waals surface area contributed by atoms with Crippen LogP contribution in [0.3, 0.4) is 0 Å². The van der Waals surface area contributed by atoms with E-state index in [4.69, 9.17) is 14.2 Å². The van der Waals surface area contributed by atoms with E-state index in [1.165, 1.54) is 161 Å². The average Bonchev–Trinajstić information content (AvgIpc) is 3.27. The average molecular weight is 871 g/mol. The zero-order chi connectivity index (χ0) is 45.1. The van der Waals surface area contributed by atoms with E-state index in [9.17, 15) is 14.4 Å². The summed E-state index contributed by atoms with van der Waals surface area (Å²) in [6.45, 7) is 6.60. The summed E-state index contributed by atoms with van der Waals surface area (Å²) < 4.78 is 16.8. The van der Waals surface area contributed by atoms with Crippen LogP contribution in [-0.2, 0) is 28.6 Å². The van der Waals surface area contributed by atoms with Gasteiger partial charge in [0, 0.05) is 19.3 Å². The van der Waals surface area contributed by atoms with Crippen LogP contribution in [-0.4, -0.2) is 37.2 Å². The first-order chi connectivity index (χ1) is 30.5. The van der Waals surface area contributed by atoms with Crippen LogP contribution >= 0.6 is 0 Å². The molecule has 0 bridgehead atoms. The zero-order valence-electron chi connectivity index (χ0n) is 41.4. The van der Waals surface area contributed by atoms with Crippen LogP contribution in [0.15, 0.2) is 36.5 Å². The molecule has 362 valence electrons. The van der Waals surface area contributed by atoms with Gasteiger partial charge in [-0.05, 0) is 57.8 Å². The second-order valence-corrected chi connectivity index (χ2v) is 18.2. The summed E-state index contributed by atoms with van der Waals surface area (Å²) in [4.78, 5) is 37.9. The third-order valence-corrected chi connectivity index (χ3v) is 11.9. The number of carbonyl (C=O) groups is 3. The SMILES string of the molecule is CCCCC/C=C\C/C=C\C/C=C\CCCCCCC(=O)O[C@H](COC(=O)CCCCCCCCCCC)COC(=O)CCCCCCCCCCCCCCCCCCCC. The molecule has 0 aliphatic carbocycles. The normalized spacial score (nSPS) is 12.2. The quantitative estimate of drug-likeness (QED) is 0.0262. The summed E-state index contributed by atoms with van der Waals surface area (Å²) >= 11 is 0. The minimum absolute atomic E-state index is 0.0772. The Balaban J connectivity index is 4.31. The van der Waals surface area contributed by atoms with Crippen LogP contribution in [0.1, 0.15) is 284 Å². The maximum atomic E-state index is 12.8. The Morgan fingerprint density at radius 3 is 0.935 bits per heavy atom. The fraction of sp³-hybridized carbons (Fsp3) is 0.839. The zero-order valence-corrected chi connectivity index (χ0v) is 41.4. The van der Waals surface area contributed by atoms with Gasteiger partial charge in [0.05, 0.1) is 0 Å². The lowest BCUT2D eigenvalue weighted by Gasteiger charge is -2.18. The van der Waals surface area contributed by atoms with Gasteiger partial charge in [-0.1, -0.05) is 243 Å². The minimum atomic E-state index is -0.778. The van der Waals surface area contributed by atoms with Crippen LogP contribution in [0.5, 0.6) is 0 Å². The van der Waals surface area contributed by atoms with Gasteiger partial charge in [-0.25, -0.2) is 0 Å². The van der Waals surface area contributed by atoms with Gasteiger partial charge in [0.2, 0.25) is 0 Å². The van der Waals surface area contributed by atoms with Crippen LogP contribution in [0.4, 0.5) is 0 Å². The van der Waals surface area contributed by atoms with E-state index in [0.29, 0.717) is 19.3 Å². The first-order valence-electron chi connectivity index (χ1n) is 27.0. The Morgan fingerprint density at radius 2 is 0.581 bits per heavy atom. The van der Waals surface area contributed by atoms with Crippen molar-refractivity contribution in [1.82, 2.24) is 0 Å². The van der Waals surface area contributed by atoms with Crippen molar-refractivity contribution in [1.29, 1.82) is 0 Å². The monoisotopic (exact) mass is 871 g/mol. The second-order valence-electron chi connectivity index (χ2n) is 18.2. The molecule has 6 nitrogen and oxygen atoms in total. The molecule has 0 aliphatic rings. The van der Waals surface area contributed by atoms with Gasteiger partial charge in [-0.2, -0.15) is 0 Å². The van der Waals surface area contributed by atoms with E-state index in [0.717, 1.165) is 83.5 Å². The Hall–Kier alpha value is -2.37. The lowest BCUT2D eigenvalue weighted by molar-refractivity contribution is -0.167. The second kappa shape index (κ2) is 51.3. The van der Waals surface area contributed by atoms with E-state index in [2.05, 4.69) is 57.2 Å². The number of esters is 3. The summed E-state index contributed by atoms with van der Waals surface area (Å²) in [5.74, 6) is -0.888. The largest absolute Gasteiger partial charge is 0.462 e. The Labute approximate surface area is 385 Å². The number of allylic oxidation sites excluding steroid dienone is 6. The standard InChI is InChI=1S/C56H102O6/c1-4-7-10-13-16-19-21-23-25-27-29-30-32-34-37-40-43-46-49-55(58)61-52-53(51-60-54(57)48-45-42-39-36-18-15-12-9-6-3)62-56(59)50-47-44-41-38-35-33-31-28-26-24-22-20-17-14-11-8-5-2/h17,20,24,26,31,33,53H,4-16,18-19,21-23,25,27-30,32,34-52H2,1-3H3/b20-17-,26-24-,33-31-/t53-/m1/s1. The van der Waals surface area contributed by atoms with Crippen molar-refractivity contribution in [2.75, 3.05) is 13.2 Å². The van der Waals surface area contributed by atoms with Gasteiger partial charge in [0.1, 0.15) is 13.2 Å². The maximum absolute atomic E-state index is 12.8. The van der Waals surface area contributed by atoms with Crippen LogP contribution in [0, 0.1) is 0 Å². The lowest BCUT2D eigenvalue weighted by atomic mass is 10.0. The third kappa shape index (κ3) is 48.7. The molecular weight excluding hydrogens is 769 g/mol. The van der Waals surface area contributed by atoms with Crippen LogP contribution in [0.2, 0.25) is 0 Å². The maximum Gasteiger partial charge on any atom is 0.306 e. The van der Waals surface area contributed by atoms with Crippen molar-refractivity contribution >= 4 is 17.9 Å². The van der Waals surface area contributed by atoms with Crippen molar-refractivity contribution in [3.63, 3.8) is 0 Å². The first kappa shape index (κ1) is 59.6. The smallest absolute Gasteiger partial charge is 0.306 e. The van der Waals surface area contributed by atoms with Crippen molar-refractivity contribution in [2.45, 2.75) is 290 Å². The number of rotatable bonds is 49. The molecule has 0 heterocycles. The summed E-state index contributed by atoms with van der Waals surface area (Å²) in [7, 11) is 0. The summed E-state index contributed by atoms with van der Waals surface area (Å²) in [5, 5.41) is 0.